The minimum atomic E-state index is -0.645. The van der Waals surface area contributed by atoms with E-state index in [1.54, 1.807) is 36.1 Å². The highest BCUT2D eigenvalue weighted by Crippen LogP contribution is 2.57. The molecule has 3 aromatic rings. The molecule has 1 spiro atoms. The summed E-state index contributed by atoms with van der Waals surface area (Å²) in [4.78, 5) is 17.2. The van der Waals surface area contributed by atoms with E-state index in [0.29, 0.717) is 30.0 Å². The fourth-order valence-electron chi connectivity index (χ4n) is 5.36. The van der Waals surface area contributed by atoms with E-state index in [-0.39, 0.29) is 24.1 Å². The van der Waals surface area contributed by atoms with Crippen molar-refractivity contribution in [2.75, 3.05) is 37.5 Å². The number of aromatic hydroxyl groups is 1. The van der Waals surface area contributed by atoms with Crippen LogP contribution in [0.5, 0.6) is 11.5 Å². The average Bonchev–Trinajstić information content (AvgIpc) is 3.17. The maximum atomic E-state index is 13.9. The summed E-state index contributed by atoms with van der Waals surface area (Å²) in [6, 6.07) is 20.9. The predicted octanol–water partition coefficient (Wildman–Crippen LogP) is 4.72. The highest BCUT2D eigenvalue weighted by atomic mass is 16.5. The van der Waals surface area contributed by atoms with Gasteiger partial charge in [0.15, 0.2) is 0 Å². The number of hydrogen-bond acceptors (Lipinski definition) is 6. The lowest BCUT2D eigenvalue weighted by molar-refractivity contribution is -0.126. The van der Waals surface area contributed by atoms with Gasteiger partial charge in [-0.15, -0.1) is 0 Å². The third-order valence-electron chi connectivity index (χ3n) is 7.73. The van der Waals surface area contributed by atoms with Crippen molar-refractivity contribution >= 4 is 28.8 Å². The van der Waals surface area contributed by atoms with Gasteiger partial charge >= 0.3 is 0 Å². The number of carbonyl (C=O) groups is 1. The fraction of sp³-hybridized carbons (Fsp3) is 0.290. The summed E-state index contributed by atoms with van der Waals surface area (Å²) in [5.74, 6) is 1.00. The highest BCUT2D eigenvalue weighted by molar-refractivity contribution is 6.10. The minimum Gasteiger partial charge on any atom is -0.506 e. The van der Waals surface area contributed by atoms with Crippen molar-refractivity contribution in [2.45, 2.75) is 31.2 Å². The zero-order valence-electron chi connectivity index (χ0n) is 22.3. The van der Waals surface area contributed by atoms with E-state index in [2.05, 4.69) is 5.32 Å². The second-order valence-corrected chi connectivity index (χ2v) is 10.1. The Labute approximate surface area is 228 Å². The first-order valence-electron chi connectivity index (χ1n) is 13.1. The molecule has 39 heavy (non-hydrogen) atoms. The topological polar surface area (TPSA) is 109 Å². The summed E-state index contributed by atoms with van der Waals surface area (Å²) >= 11 is 0. The number of amides is 1. The van der Waals surface area contributed by atoms with Crippen LogP contribution in [0, 0.1) is 5.41 Å². The summed E-state index contributed by atoms with van der Waals surface area (Å²) in [5.41, 5.74) is 3.82. The normalized spacial score (nSPS) is 15.6. The summed E-state index contributed by atoms with van der Waals surface area (Å²) in [6.45, 7) is 0.607. The number of likely N-dealkylation sites (N-methyl/N-ethyl adjacent to an activating group) is 1. The van der Waals surface area contributed by atoms with Gasteiger partial charge in [0.2, 0.25) is 5.91 Å². The number of aliphatic hydroxyl groups is 1. The van der Waals surface area contributed by atoms with Crippen LogP contribution in [0.4, 0.5) is 11.4 Å². The maximum absolute atomic E-state index is 13.9. The van der Waals surface area contributed by atoms with Crippen LogP contribution in [0.25, 0.3) is 5.70 Å². The minimum absolute atomic E-state index is 0.0176. The van der Waals surface area contributed by atoms with Gasteiger partial charge in [0.25, 0.3) is 0 Å². The van der Waals surface area contributed by atoms with Crippen molar-refractivity contribution < 1.29 is 19.7 Å². The van der Waals surface area contributed by atoms with Gasteiger partial charge < -0.3 is 30.1 Å². The number of rotatable bonds is 9. The van der Waals surface area contributed by atoms with E-state index in [1.807, 2.05) is 60.7 Å². The number of benzene rings is 3. The van der Waals surface area contributed by atoms with Crippen molar-refractivity contribution in [1.82, 2.24) is 4.90 Å². The molecule has 2 aliphatic rings. The molecule has 8 nitrogen and oxygen atoms in total. The Morgan fingerprint density at radius 1 is 1.15 bits per heavy atom. The van der Waals surface area contributed by atoms with Crippen LogP contribution in [0.1, 0.15) is 36.0 Å². The van der Waals surface area contributed by atoms with Crippen molar-refractivity contribution in [3.63, 3.8) is 0 Å². The Balaban J connectivity index is 1.56. The van der Waals surface area contributed by atoms with Crippen molar-refractivity contribution in [3.05, 3.63) is 89.5 Å². The molecule has 1 fully saturated rings. The number of hydrogen-bond donors (Lipinski definition) is 4. The number of ether oxygens (including phenoxy) is 1. The Morgan fingerprint density at radius 2 is 1.87 bits per heavy atom. The molecule has 1 heterocycles. The maximum Gasteiger partial charge on any atom is 0.238 e. The Bertz CT molecular complexity index is 1400. The van der Waals surface area contributed by atoms with Gasteiger partial charge in [-0.1, -0.05) is 36.8 Å². The monoisotopic (exact) mass is 526 g/mol. The van der Waals surface area contributed by atoms with Gasteiger partial charge in [-0.05, 0) is 60.4 Å². The molecule has 8 heteroatoms. The lowest BCUT2D eigenvalue weighted by atomic mass is 9.65. The van der Waals surface area contributed by atoms with Crippen LogP contribution in [-0.4, -0.2) is 54.2 Å². The molecule has 0 atom stereocenters. The first-order valence-corrected chi connectivity index (χ1v) is 13.1. The number of nitrogens with zero attached hydrogens (tertiary/aromatic N) is 2. The quantitative estimate of drug-likeness (QED) is 0.237. The van der Waals surface area contributed by atoms with Crippen LogP contribution in [0.2, 0.25) is 0 Å². The zero-order chi connectivity index (χ0) is 27.6. The molecule has 3 aromatic carbocycles. The number of carbonyl (C=O) groups excluding carboxylic acids is 1. The van der Waals surface area contributed by atoms with E-state index >= 15 is 0 Å². The van der Waals surface area contributed by atoms with Gasteiger partial charge in [0, 0.05) is 36.6 Å². The van der Waals surface area contributed by atoms with Crippen LogP contribution in [0.3, 0.4) is 0 Å². The van der Waals surface area contributed by atoms with Gasteiger partial charge in [-0.2, -0.15) is 0 Å². The number of aliphatic hydroxyl groups excluding tert-OH is 1. The molecule has 5 rings (SSSR count). The summed E-state index contributed by atoms with van der Waals surface area (Å²) < 4.78 is 5.27. The van der Waals surface area contributed by atoms with Crippen LogP contribution >= 0.6 is 0 Å². The van der Waals surface area contributed by atoms with Crippen molar-refractivity contribution in [1.29, 1.82) is 5.41 Å². The molecule has 202 valence electrons. The van der Waals surface area contributed by atoms with Crippen LogP contribution in [-0.2, 0) is 16.8 Å². The van der Waals surface area contributed by atoms with E-state index in [1.165, 1.54) is 0 Å². The van der Waals surface area contributed by atoms with Crippen molar-refractivity contribution in [2.24, 2.45) is 0 Å². The lowest BCUT2D eigenvalue weighted by Crippen LogP contribution is -2.44. The number of anilines is 2. The largest absolute Gasteiger partial charge is 0.506 e. The van der Waals surface area contributed by atoms with E-state index in [4.69, 9.17) is 10.1 Å². The number of phenolic OH excluding ortho intramolecular Hbond substituents is 1. The molecule has 1 saturated carbocycles. The molecular formula is C31H34N4O4. The second kappa shape index (κ2) is 10.8. The third kappa shape index (κ3) is 4.95. The summed E-state index contributed by atoms with van der Waals surface area (Å²) in [5, 5.41) is 32.7. The fourth-order valence-corrected chi connectivity index (χ4v) is 5.36. The molecule has 0 saturated heterocycles. The molecule has 1 amide bonds. The number of para-hydroxylation sites is 1. The summed E-state index contributed by atoms with van der Waals surface area (Å²) in [6.07, 6.45) is 4.11. The Hall–Kier alpha value is -4.30. The number of amidine groups is 1. The average molecular weight is 527 g/mol. The predicted molar refractivity (Wildman–Crippen MR) is 153 cm³/mol. The third-order valence-corrected chi connectivity index (χ3v) is 7.73. The lowest BCUT2D eigenvalue weighted by Gasteiger charge is -2.37. The first kappa shape index (κ1) is 26.3. The Kier molecular flexibility index (Phi) is 7.30. The molecule has 1 aliphatic heterocycles. The summed E-state index contributed by atoms with van der Waals surface area (Å²) in [7, 11) is 3.36. The molecule has 0 radical (unpaired) electrons. The van der Waals surface area contributed by atoms with E-state index in [0.717, 1.165) is 41.8 Å². The molecule has 0 unspecified atom stereocenters. The van der Waals surface area contributed by atoms with Gasteiger partial charge in [-0.3, -0.25) is 10.2 Å². The second-order valence-electron chi connectivity index (χ2n) is 10.1. The zero-order valence-corrected chi connectivity index (χ0v) is 22.3. The molecule has 0 aromatic heterocycles. The highest BCUT2D eigenvalue weighted by Gasteiger charge is 2.55. The molecule has 0 bridgehead atoms. The van der Waals surface area contributed by atoms with Crippen LogP contribution in [0.15, 0.2) is 72.8 Å². The van der Waals surface area contributed by atoms with Crippen molar-refractivity contribution in [3.8, 4) is 11.5 Å². The SMILES string of the molecule is COc1ccc(CN2C(=O)C3(CCC3)c3cc(/C(=C/C(=N)N(C)CCO)Nc4ccccc4)cc(O)c32)cc1. The van der Waals surface area contributed by atoms with Gasteiger partial charge in [0.1, 0.15) is 17.3 Å². The first-order chi connectivity index (χ1) is 18.9. The van der Waals surface area contributed by atoms with E-state index in [9.17, 15) is 15.0 Å². The standard InChI is InChI=1S/C31H34N4O4/c1-34(15-16-36)28(32)19-26(33-23-7-4-3-5-8-23)22-17-25-29(27(37)18-22)35(30(38)31(25)13-6-14-31)20-21-9-11-24(39-2)12-10-21/h3-5,7-12,17-19,32-33,36-37H,6,13-16,20H2,1-2H3/b26-19-,32-28?. The van der Waals surface area contributed by atoms with E-state index < -0.39 is 5.41 Å². The van der Waals surface area contributed by atoms with Gasteiger partial charge in [-0.25, -0.2) is 0 Å². The number of phenols is 1. The molecule has 4 N–H and O–H groups in total. The smallest absolute Gasteiger partial charge is 0.238 e. The molecular weight excluding hydrogens is 492 g/mol. The number of methoxy groups -OCH3 is 1. The van der Waals surface area contributed by atoms with Gasteiger partial charge in [0.05, 0.1) is 31.4 Å². The number of nitrogens with one attached hydrogen (secondary N) is 2. The number of fused-ring (bicyclic) bond motifs is 2. The Morgan fingerprint density at radius 3 is 2.49 bits per heavy atom. The molecule has 1 aliphatic carbocycles. The van der Waals surface area contributed by atoms with Crippen LogP contribution < -0.4 is 15.0 Å².